The first kappa shape index (κ1) is 14.3. The minimum absolute atomic E-state index is 0.114. The number of nitrogens with one attached hydrogen (secondary N) is 1. The number of rotatable bonds is 4. The molecule has 1 aromatic heterocycles. The van der Waals surface area contributed by atoms with E-state index in [0.29, 0.717) is 31.6 Å². The summed E-state index contributed by atoms with van der Waals surface area (Å²) in [6.07, 6.45) is 1.12. The summed E-state index contributed by atoms with van der Waals surface area (Å²) in [5, 5.41) is 0.114. The van der Waals surface area contributed by atoms with Crippen LogP contribution in [0.5, 0.6) is 0 Å². The van der Waals surface area contributed by atoms with Gasteiger partial charge in [-0.25, -0.2) is 4.79 Å². The molecule has 106 valence electrons. The van der Waals surface area contributed by atoms with Gasteiger partial charge in [-0.15, -0.1) is 0 Å². The molecular weight excluding hydrogens is 272 g/mol. The molecule has 7 heteroatoms. The molecule has 1 saturated heterocycles. The molecule has 2 heterocycles. The van der Waals surface area contributed by atoms with Crippen molar-refractivity contribution >= 4 is 11.6 Å². The summed E-state index contributed by atoms with van der Waals surface area (Å²) >= 11 is 5.87. The molecule has 0 saturated carbocycles. The molecule has 1 aliphatic heterocycles. The van der Waals surface area contributed by atoms with Crippen molar-refractivity contribution < 1.29 is 9.47 Å². The van der Waals surface area contributed by atoms with Gasteiger partial charge in [-0.1, -0.05) is 18.5 Å². The summed E-state index contributed by atoms with van der Waals surface area (Å²) in [5.41, 5.74) is -1.09. The van der Waals surface area contributed by atoms with Gasteiger partial charge in [0.25, 0.3) is 5.56 Å². The Balaban J connectivity index is 2.46. The zero-order chi connectivity index (χ0) is 14.0. The minimum Gasteiger partial charge on any atom is -0.378 e. The first-order valence-corrected chi connectivity index (χ1v) is 6.55. The molecule has 19 heavy (non-hydrogen) atoms. The van der Waals surface area contributed by atoms with Crippen molar-refractivity contribution in [3.8, 4) is 0 Å². The lowest BCUT2D eigenvalue weighted by molar-refractivity contribution is -0.0310. The van der Waals surface area contributed by atoms with E-state index in [4.69, 9.17) is 21.1 Å². The fraction of sp³-hybridized carbons (Fsp3) is 0.667. The van der Waals surface area contributed by atoms with Gasteiger partial charge in [-0.05, 0) is 6.42 Å². The van der Waals surface area contributed by atoms with Crippen molar-refractivity contribution in [2.75, 3.05) is 20.3 Å². The minimum atomic E-state index is -0.615. The lowest BCUT2D eigenvalue weighted by Gasteiger charge is -2.26. The van der Waals surface area contributed by atoms with E-state index in [-0.39, 0.29) is 17.3 Å². The lowest BCUT2D eigenvalue weighted by Crippen LogP contribution is -2.46. The van der Waals surface area contributed by atoms with Gasteiger partial charge in [0.2, 0.25) is 0 Å². The lowest BCUT2D eigenvalue weighted by atomic mass is 10.0. The van der Waals surface area contributed by atoms with Gasteiger partial charge < -0.3 is 9.47 Å². The van der Waals surface area contributed by atoms with Crippen molar-refractivity contribution in [3.05, 3.63) is 31.6 Å². The summed E-state index contributed by atoms with van der Waals surface area (Å²) in [6, 6.07) is 0. The number of H-pyrrole nitrogens is 1. The zero-order valence-electron chi connectivity index (χ0n) is 11.0. The highest BCUT2D eigenvalue weighted by molar-refractivity contribution is 6.30. The highest BCUT2D eigenvalue weighted by Gasteiger charge is 2.36. The van der Waals surface area contributed by atoms with Gasteiger partial charge in [0.05, 0.1) is 18.7 Å². The summed E-state index contributed by atoms with van der Waals surface area (Å²) in [4.78, 5) is 26.6. The molecule has 1 aromatic rings. The second kappa shape index (κ2) is 5.48. The monoisotopic (exact) mass is 288 g/mol. The summed E-state index contributed by atoms with van der Waals surface area (Å²) in [6.45, 7) is 2.92. The van der Waals surface area contributed by atoms with E-state index in [2.05, 4.69) is 4.98 Å². The van der Waals surface area contributed by atoms with Crippen LogP contribution in [0.25, 0.3) is 0 Å². The van der Waals surface area contributed by atoms with E-state index in [9.17, 15) is 9.59 Å². The highest BCUT2D eigenvalue weighted by atomic mass is 35.5. The number of ether oxygens (including phenoxy) is 2. The predicted molar refractivity (Wildman–Crippen MR) is 70.9 cm³/mol. The fourth-order valence-corrected chi connectivity index (χ4v) is 2.56. The van der Waals surface area contributed by atoms with Gasteiger partial charge in [0.1, 0.15) is 10.8 Å². The third-order valence-electron chi connectivity index (χ3n) is 3.53. The van der Waals surface area contributed by atoms with Crippen LogP contribution in [0.2, 0.25) is 5.15 Å². The van der Waals surface area contributed by atoms with Crippen LogP contribution < -0.4 is 11.2 Å². The van der Waals surface area contributed by atoms with Crippen molar-refractivity contribution in [1.82, 2.24) is 9.55 Å². The average Bonchev–Trinajstić information content (AvgIpc) is 2.84. The Hall–Kier alpha value is -1.11. The van der Waals surface area contributed by atoms with Gasteiger partial charge in [-0.3, -0.25) is 14.3 Å². The quantitative estimate of drug-likeness (QED) is 0.822. The van der Waals surface area contributed by atoms with E-state index in [1.807, 2.05) is 6.92 Å². The van der Waals surface area contributed by atoms with Crippen LogP contribution in [-0.4, -0.2) is 35.5 Å². The number of methoxy groups -OCH3 is 1. The molecule has 1 fully saturated rings. The summed E-state index contributed by atoms with van der Waals surface area (Å²) in [7, 11) is 1.56. The van der Waals surface area contributed by atoms with Crippen molar-refractivity contribution in [3.63, 3.8) is 0 Å². The van der Waals surface area contributed by atoms with Gasteiger partial charge in [0.15, 0.2) is 0 Å². The molecular formula is C12H17ClN2O4. The molecule has 0 amide bonds. The molecule has 0 bridgehead atoms. The van der Waals surface area contributed by atoms with Crippen LogP contribution in [0.15, 0.2) is 9.59 Å². The number of aromatic amines is 1. The molecule has 0 spiro atoms. The van der Waals surface area contributed by atoms with Gasteiger partial charge >= 0.3 is 5.69 Å². The Bertz CT molecular complexity index is 572. The van der Waals surface area contributed by atoms with Crippen molar-refractivity contribution in [1.29, 1.82) is 0 Å². The van der Waals surface area contributed by atoms with Crippen LogP contribution in [0.4, 0.5) is 0 Å². The van der Waals surface area contributed by atoms with Gasteiger partial charge in [-0.2, -0.15) is 0 Å². The maximum Gasteiger partial charge on any atom is 0.329 e. The Labute approximate surface area is 115 Å². The standard InChI is InChI=1S/C12H17ClN2O4/c1-3-8-9(13)14-11(17)15(10(8)16)6-12(18-2)4-5-19-7-12/h3-7H2,1-2H3,(H,14,17). The fourth-order valence-electron chi connectivity index (χ4n) is 2.26. The highest BCUT2D eigenvalue weighted by Crippen LogP contribution is 2.23. The van der Waals surface area contributed by atoms with Crippen molar-refractivity contribution in [2.45, 2.75) is 31.9 Å². The van der Waals surface area contributed by atoms with E-state index in [0.717, 1.165) is 4.57 Å². The molecule has 1 aliphatic rings. The third-order valence-corrected chi connectivity index (χ3v) is 3.85. The van der Waals surface area contributed by atoms with Crippen LogP contribution in [0.1, 0.15) is 18.9 Å². The van der Waals surface area contributed by atoms with E-state index in [1.165, 1.54) is 0 Å². The summed E-state index contributed by atoms with van der Waals surface area (Å²) in [5.74, 6) is 0. The third kappa shape index (κ3) is 2.61. The second-order valence-electron chi connectivity index (χ2n) is 4.66. The molecule has 1 unspecified atom stereocenters. The number of hydrogen-bond donors (Lipinski definition) is 1. The normalized spacial score (nSPS) is 22.9. The zero-order valence-corrected chi connectivity index (χ0v) is 11.7. The maximum atomic E-state index is 12.2. The van der Waals surface area contributed by atoms with Crippen LogP contribution in [0.3, 0.4) is 0 Å². The molecule has 0 radical (unpaired) electrons. The first-order chi connectivity index (χ1) is 9.03. The second-order valence-corrected chi connectivity index (χ2v) is 5.04. The van der Waals surface area contributed by atoms with E-state index in [1.54, 1.807) is 7.11 Å². The van der Waals surface area contributed by atoms with Crippen LogP contribution in [0, 0.1) is 0 Å². The molecule has 1 N–H and O–H groups in total. The van der Waals surface area contributed by atoms with Gasteiger partial charge in [0, 0.05) is 20.1 Å². The average molecular weight is 289 g/mol. The Kier molecular flexibility index (Phi) is 4.13. The summed E-state index contributed by atoms with van der Waals surface area (Å²) < 4.78 is 11.9. The molecule has 0 aliphatic carbocycles. The number of aromatic nitrogens is 2. The number of halogens is 1. The van der Waals surface area contributed by atoms with Crippen molar-refractivity contribution in [2.24, 2.45) is 0 Å². The molecule has 0 aromatic carbocycles. The Morgan fingerprint density at radius 3 is 2.79 bits per heavy atom. The Morgan fingerprint density at radius 1 is 1.53 bits per heavy atom. The maximum absolute atomic E-state index is 12.2. The largest absolute Gasteiger partial charge is 0.378 e. The topological polar surface area (TPSA) is 73.3 Å². The van der Waals surface area contributed by atoms with Crippen LogP contribution >= 0.6 is 11.6 Å². The van der Waals surface area contributed by atoms with E-state index >= 15 is 0 Å². The molecule has 2 rings (SSSR count). The SMILES string of the molecule is CCc1c(Cl)[nH]c(=O)n(CC2(OC)CCOC2)c1=O. The molecule has 6 nitrogen and oxygen atoms in total. The first-order valence-electron chi connectivity index (χ1n) is 6.17. The van der Waals surface area contributed by atoms with Crippen LogP contribution in [-0.2, 0) is 22.4 Å². The Morgan fingerprint density at radius 2 is 2.26 bits per heavy atom. The smallest absolute Gasteiger partial charge is 0.329 e. The molecule has 1 atom stereocenters. The number of hydrogen-bond acceptors (Lipinski definition) is 4. The van der Waals surface area contributed by atoms with E-state index < -0.39 is 11.3 Å². The number of nitrogens with zero attached hydrogens (tertiary/aromatic N) is 1. The predicted octanol–water partition coefficient (Wildman–Crippen LogP) is 0.558.